The number of likely N-dealkylation sites (tertiary alicyclic amines) is 2. The molecule has 5 aromatic rings. The van der Waals surface area contributed by atoms with Crippen molar-refractivity contribution in [1.82, 2.24) is 39.5 Å². The van der Waals surface area contributed by atoms with Gasteiger partial charge >= 0.3 is 6.36 Å². The van der Waals surface area contributed by atoms with Crippen LogP contribution in [0.5, 0.6) is 0 Å². The van der Waals surface area contributed by atoms with Crippen LogP contribution in [-0.2, 0) is 44.1 Å². The normalized spacial score (nSPS) is 16.8. The fraction of sp³-hybridized carbons (Fsp3) is 0.569. The number of pyridine rings is 1. The standard InChI is InChI=1S/C58H77F3N8O7S/c1-38-31-44(35-66(6)55(38)74)43-23-24-46-47(32-43)68(29-30-76-58(59,60)61)53(64-46)42-25-27-67(28-26-42)50(72)18-16-14-12-10-8-7-9-11-13-15-17-49(71)65-52(57(3,4)5)56(75)69-36-45(70)33-48(69)54(73)62-34-40-19-21-41(22-20-40)51-39(2)63-37-77-51/h19-24,31-32,35,37,42,45,48,52,70H,7-18,25-30,33-34,36H2,1-6H3,(H,62,73)(H,65,71)/t45-,48+,52+/m1/s1. The highest BCUT2D eigenvalue weighted by Gasteiger charge is 2.44. The van der Waals surface area contributed by atoms with Gasteiger partial charge in [0.25, 0.3) is 5.56 Å². The minimum atomic E-state index is -4.76. The summed E-state index contributed by atoms with van der Waals surface area (Å²) in [4.78, 5) is 79.9. The van der Waals surface area contributed by atoms with E-state index in [1.54, 1.807) is 37.6 Å². The number of alkyl halides is 3. The van der Waals surface area contributed by atoms with E-state index in [1.807, 2.05) is 85.1 Å². The Balaban J connectivity index is 0.762. The summed E-state index contributed by atoms with van der Waals surface area (Å²) in [7, 11) is 1.68. The number of β-amino-alcohol motifs (C(OH)–C–C–N with tert-alkyl or cyclic N) is 1. The number of ether oxygens (including phenoxy) is 1. The molecule has 7 rings (SSSR count). The molecule has 2 saturated heterocycles. The SMILES string of the molecule is Cc1ncsc1-c1ccc(CNC(=O)[C@@H]2C[C@@H](O)CN2C(=O)[C@H](NC(=O)CCCCCCCCCCCCC(=O)N2CCC(c3nc4ccc(-c5cc(C)c(=O)n(C)c5)cc4n3CCOC(F)(F)F)CC2)C(C)(C)C)cc1. The van der Waals surface area contributed by atoms with Gasteiger partial charge in [0.15, 0.2) is 0 Å². The maximum Gasteiger partial charge on any atom is 0.522 e. The van der Waals surface area contributed by atoms with E-state index in [0.29, 0.717) is 67.6 Å². The zero-order chi connectivity index (χ0) is 55.4. The third kappa shape index (κ3) is 16.1. The van der Waals surface area contributed by atoms with E-state index in [-0.39, 0.29) is 61.2 Å². The van der Waals surface area contributed by atoms with Gasteiger partial charge in [-0.05, 0) is 85.4 Å². The number of nitrogens with one attached hydrogen (secondary N) is 2. The Labute approximate surface area is 454 Å². The van der Waals surface area contributed by atoms with Crippen LogP contribution in [0.3, 0.4) is 0 Å². The molecule has 3 aromatic heterocycles. The molecule has 2 aliphatic rings. The first kappa shape index (κ1) is 58.8. The zero-order valence-corrected chi connectivity index (χ0v) is 46.4. The molecule has 0 bridgehead atoms. The molecule has 5 heterocycles. The van der Waals surface area contributed by atoms with E-state index >= 15 is 0 Å². The van der Waals surface area contributed by atoms with Crippen molar-refractivity contribution in [3.05, 3.63) is 93.2 Å². The van der Waals surface area contributed by atoms with Gasteiger partial charge in [-0.15, -0.1) is 24.5 Å². The van der Waals surface area contributed by atoms with Gasteiger partial charge in [-0.3, -0.25) is 28.7 Å². The lowest BCUT2D eigenvalue weighted by Gasteiger charge is -2.35. The maximum atomic E-state index is 14.0. The van der Waals surface area contributed by atoms with Crippen LogP contribution in [0.25, 0.3) is 32.6 Å². The van der Waals surface area contributed by atoms with Crippen LogP contribution in [-0.4, -0.2) is 108 Å². The average molecular weight is 1090 g/mol. The summed E-state index contributed by atoms with van der Waals surface area (Å²) in [6, 6.07) is 13.6. The molecule has 15 nitrogen and oxygen atoms in total. The highest BCUT2D eigenvalue weighted by atomic mass is 32.1. The lowest BCUT2D eigenvalue weighted by Crippen LogP contribution is -2.57. The fourth-order valence-electron chi connectivity index (χ4n) is 10.7. The minimum absolute atomic E-state index is 0.0182. The van der Waals surface area contributed by atoms with Crippen LogP contribution in [0.4, 0.5) is 13.2 Å². The van der Waals surface area contributed by atoms with E-state index in [1.165, 1.54) is 9.47 Å². The predicted molar refractivity (Wildman–Crippen MR) is 293 cm³/mol. The average Bonchev–Trinajstić information content (AvgIpc) is 4.18. The molecule has 3 N–H and O–H groups in total. The number of aliphatic hydroxyl groups is 1. The Bertz CT molecular complexity index is 2840. The number of benzene rings is 2. The summed E-state index contributed by atoms with van der Waals surface area (Å²) in [5.74, 6) is -0.162. The topological polar surface area (TPSA) is 181 Å². The van der Waals surface area contributed by atoms with Crippen molar-refractivity contribution in [3.63, 3.8) is 0 Å². The van der Waals surface area contributed by atoms with Crippen molar-refractivity contribution < 1.29 is 42.2 Å². The molecule has 0 spiro atoms. The first-order valence-corrected chi connectivity index (χ1v) is 28.3. The summed E-state index contributed by atoms with van der Waals surface area (Å²) in [6.45, 7) is 10.1. The van der Waals surface area contributed by atoms with Crippen molar-refractivity contribution in [2.75, 3.05) is 26.2 Å². The van der Waals surface area contributed by atoms with Gasteiger partial charge in [0.2, 0.25) is 23.6 Å². The van der Waals surface area contributed by atoms with Crippen LogP contribution in [0, 0.1) is 19.3 Å². The van der Waals surface area contributed by atoms with Gasteiger partial charge in [0, 0.05) is 76.7 Å². The number of fused-ring (bicyclic) bond motifs is 1. The molecule has 3 atom stereocenters. The Morgan fingerprint density at radius 3 is 2.10 bits per heavy atom. The number of carbonyl (C=O) groups excluding carboxylic acids is 4. The van der Waals surface area contributed by atoms with Gasteiger partial charge < -0.3 is 34.7 Å². The number of piperidine rings is 1. The number of rotatable bonds is 24. The van der Waals surface area contributed by atoms with E-state index in [9.17, 15) is 42.3 Å². The predicted octanol–water partition coefficient (Wildman–Crippen LogP) is 9.88. The minimum Gasteiger partial charge on any atom is -0.391 e. The van der Waals surface area contributed by atoms with Gasteiger partial charge in [-0.1, -0.05) is 102 Å². The van der Waals surface area contributed by atoms with Crippen molar-refractivity contribution >= 4 is 46.0 Å². The van der Waals surface area contributed by atoms with Crippen LogP contribution in [0.2, 0.25) is 0 Å². The van der Waals surface area contributed by atoms with Crippen molar-refractivity contribution in [1.29, 1.82) is 0 Å². The second kappa shape index (κ2) is 26.6. The number of aryl methyl sites for hydroxylation is 3. The Kier molecular flexibility index (Phi) is 20.3. The third-order valence-electron chi connectivity index (χ3n) is 15.0. The molecular formula is C58H77F3N8O7S. The largest absolute Gasteiger partial charge is 0.522 e. The van der Waals surface area contributed by atoms with E-state index < -0.39 is 36.6 Å². The van der Waals surface area contributed by atoms with Crippen molar-refractivity contribution in [3.8, 4) is 21.6 Å². The molecule has 2 aromatic carbocycles. The Hall–Kier alpha value is -5.92. The molecule has 0 aliphatic carbocycles. The summed E-state index contributed by atoms with van der Waals surface area (Å²) in [5.41, 5.74) is 7.56. The molecule has 19 heteroatoms. The molecule has 0 saturated carbocycles. The third-order valence-corrected chi connectivity index (χ3v) is 16.0. The Morgan fingerprint density at radius 2 is 1.49 bits per heavy atom. The quantitative estimate of drug-likeness (QED) is 0.0507. The molecule has 0 radical (unpaired) electrons. The number of thiazole rings is 1. The summed E-state index contributed by atoms with van der Waals surface area (Å²) >= 11 is 1.58. The van der Waals surface area contributed by atoms with Gasteiger partial charge in [-0.2, -0.15) is 0 Å². The first-order valence-electron chi connectivity index (χ1n) is 27.4. The number of unbranched alkanes of at least 4 members (excludes halogenated alkanes) is 9. The van der Waals surface area contributed by atoms with E-state index in [0.717, 1.165) is 90.6 Å². The zero-order valence-electron chi connectivity index (χ0n) is 45.6. The summed E-state index contributed by atoms with van der Waals surface area (Å²) in [5, 5.41) is 16.5. The van der Waals surface area contributed by atoms with Crippen LogP contribution in [0.15, 0.2) is 65.0 Å². The fourth-order valence-corrected chi connectivity index (χ4v) is 11.5. The monoisotopic (exact) mass is 1090 g/mol. The second-order valence-electron chi connectivity index (χ2n) is 22.1. The number of amides is 4. The van der Waals surface area contributed by atoms with Crippen molar-refractivity contribution in [2.45, 2.75) is 174 Å². The lowest BCUT2D eigenvalue weighted by molar-refractivity contribution is -0.325. The number of imidazole rings is 1. The van der Waals surface area contributed by atoms with Gasteiger partial charge in [0.1, 0.15) is 17.9 Å². The van der Waals surface area contributed by atoms with Crippen LogP contribution < -0.4 is 16.2 Å². The van der Waals surface area contributed by atoms with Gasteiger partial charge in [0.05, 0.1) is 39.8 Å². The van der Waals surface area contributed by atoms with E-state index in [2.05, 4.69) is 20.4 Å². The number of aliphatic hydroxyl groups excluding tert-OH is 1. The van der Waals surface area contributed by atoms with Crippen LogP contribution in [0.1, 0.15) is 146 Å². The molecule has 0 unspecified atom stereocenters. The van der Waals surface area contributed by atoms with Crippen LogP contribution >= 0.6 is 11.3 Å². The Morgan fingerprint density at radius 1 is 0.857 bits per heavy atom. The van der Waals surface area contributed by atoms with Crippen molar-refractivity contribution in [2.24, 2.45) is 12.5 Å². The summed E-state index contributed by atoms with van der Waals surface area (Å²) in [6.07, 6.45) is 8.10. The number of halogens is 3. The number of hydrogen-bond donors (Lipinski definition) is 3. The second-order valence-corrected chi connectivity index (χ2v) is 22.9. The van der Waals surface area contributed by atoms with E-state index in [4.69, 9.17) is 4.98 Å². The molecule has 2 fully saturated rings. The number of carbonyl (C=O) groups is 4. The molecule has 418 valence electrons. The lowest BCUT2D eigenvalue weighted by atomic mass is 9.85. The smallest absolute Gasteiger partial charge is 0.391 e. The summed E-state index contributed by atoms with van der Waals surface area (Å²) < 4.78 is 46.7. The maximum absolute atomic E-state index is 14.0. The highest BCUT2D eigenvalue weighted by molar-refractivity contribution is 7.13. The molecule has 4 amide bonds. The highest BCUT2D eigenvalue weighted by Crippen LogP contribution is 2.34. The van der Waals surface area contributed by atoms with Gasteiger partial charge in [-0.25, -0.2) is 9.97 Å². The molecule has 77 heavy (non-hydrogen) atoms. The first-order chi connectivity index (χ1) is 36.7. The number of nitrogens with zero attached hydrogens (tertiary/aromatic N) is 6. The molecule has 2 aliphatic heterocycles. The number of hydrogen-bond acceptors (Lipinski definition) is 10. The molecular weight excluding hydrogens is 1010 g/mol. The number of aromatic nitrogens is 4.